The molecule has 1 aromatic rings. The zero-order valence-corrected chi connectivity index (χ0v) is 13.2. The standard InChI is InChI=1S/C16H17F3O3S/c17-16(18,19)14-7-2-1-6-13(14)15(20)10-8-11-4-3-5-12(9-10)23(11,21)22/h1-2,6-7,10-12H,3-5,8-9H2. The van der Waals surface area contributed by atoms with Crippen LogP contribution in [0, 0.1) is 5.92 Å². The van der Waals surface area contributed by atoms with Crippen LogP contribution in [0.1, 0.15) is 48.0 Å². The molecule has 0 N–H and O–H groups in total. The summed E-state index contributed by atoms with van der Waals surface area (Å²) in [4.78, 5) is 12.6. The summed E-state index contributed by atoms with van der Waals surface area (Å²) in [5.41, 5.74) is -1.29. The van der Waals surface area contributed by atoms with Crippen LogP contribution in [0.3, 0.4) is 0 Å². The molecule has 2 atom stereocenters. The summed E-state index contributed by atoms with van der Waals surface area (Å²) in [6.07, 6.45) is -2.50. The highest BCUT2D eigenvalue weighted by Gasteiger charge is 2.47. The molecule has 0 spiro atoms. The molecule has 0 aliphatic carbocycles. The number of hydrogen-bond donors (Lipinski definition) is 0. The van der Waals surface area contributed by atoms with Crippen molar-refractivity contribution in [3.8, 4) is 0 Å². The van der Waals surface area contributed by atoms with Gasteiger partial charge in [-0.05, 0) is 31.7 Å². The van der Waals surface area contributed by atoms with Crippen molar-refractivity contribution in [1.82, 2.24) is 0 Å². The van der Waals surface area contributed by atoms with E-state index in [1.807, 2.05) is 0 Å². The van der Waals surface area contributed by atoms with Gasteiger partial charge in [-0.15, -0.1) is 0 Å². The van der Waals surface area contributed by atoms with Crippen molar-refractivity contribution in [1.29, 1.82) is 0 Å². The van der Waals surface area contributed by atoms with Crippen molar-refractivity contribution in [2.24, 2.45) is 5.92 Å². The minimum Gasteiger partial charge on any atom is -0.294 e. The van der Waals surface area contributed by atoms with Crippen LogP contribution >= 0.6 is 0 Å². The minimum absolute atomic E-state index is 0.143. The number of ketones is 1. The SMILES string of the molecule is O=C(c1ccccc1C(F)(F)F)C1CC2CCCC(C1)S2(=O)=O. The van der Waals surface area contributed by atoms with Gasteiger partial charge in [-0.25, -0.2) is 8.42 Å². The Bertz CT molecular complexity index is 704. The molecule has 23 heavy (non-hydrogen) atoms. The second-order valence-corrected chi connectivity index (χ2v) is 8.85. The quantitative estimate of drug-likeness (QED) is 0.769. The van der Waals surface area contributed by atoms with Gasteiger partial charge in [0, 0.05) is 11.5 Å². The Labute approximate surface area is 132 Å². The van der Waals surface area contributed by atoms with E-state index >= 15 is 0 Å². The maximum atomic E-state index is 13.1. The second-order valence-electron chi connectivity index (χ2n) is 6.34. The van der Waals surface area contributed by atoms with Gasteiger partial charge in [-0.1, -0.05) is 24.6 Å². The molecule has 0 radical (unpaired) electrons. The molecular formula is C16H17F3O3S. The first-order chi connectivity index (χ1) is 10.7. The Balaban J connectivity index is 1.91. The zero-order valence-electron chi connectivity index (χ0n) is 12.3. The Kier molecular flexibility index (Phi) is 4.02. The summed E-state index contributed by atoms with van der Waals surface area (Å²) in [6, 6.07) is 4.74. The normalized spacial score (nSPS) is 30.0. The van der Waals surface area contributed by atoms with Crippen LogP contribution in [0.25, 0.3) is 0 Å². The monoisotopic (exact) mass is 346 g/mol. The number of benzene rings is 1. The molecule has 2 saturated heterocycles. The molecule has 2 aliphatic rings. The van der Waals surface area contributed by atoms with Crippen LogP contribution in [0.2, 0.25) is 0 Å². The van der Waals surface area contributed by atoms with Crippen molar-refractivity contribution in [2.75, 3.05) is 0 Å². The molecule has 2 fully saturated rings. The molecule has 2 bridgehead atoms. The van der Waals surface area contributed by atoms with Crippen molar-refractivity contribution in [3.63, 3.8) is 0 Å². The summed E-state index contributed by atoms with van der Waals surface area (Å²) in [7, 11) is -3.23. The molecule has 3 rings (SSSR count). The van der Waals surface area contributed by atoms with Crippen LogP contribution < -0.4 is 0 Å². The average Bonchev–Trinajstić information content (AvgIpc) is 2.44. The molecule has 2 unspecified atom stereocenters. The molecule has 0 amide bonds. The number of carbonyl (C=O) groups is 1. The number of hydrogen-bond acceptors (Lipinski definition) is 3. The maximum absolute atomic E-state index is 13.1. The number of alkyl halides is 3. The number of Topliss-reactive ketones (excluding diaryl/α,β-unsaturated/α-hetero) is 1. The molecule has 3 nitrogen and oxygen atoms in total. The van der Waals surface area contributed by atoms with Crippen molar-refractivity contribution in [3.05, 3.63) is 35.4 Å². The smallest absolute Gasteiger partial charge is 0.294 e. The van der Waals surface area contributed by atoms with E-state index in [1.54, 1.807) is 0 Å². The molecule has 2 aliphatic heterocycles. The fourth-order valence-electron chi connectivity index (χ4n) is 3.79. The minimum atomic E-state index is -4.59. The Morgan fingerprint density at radius 2 is 1.61 bits per heavy atom. The van der Waals surface area contributed by atoms with Gasteiger partial charge in [0.2, 0.25) is 0 Å². The van der Waals surface area contributed by atoms with E-state index in [-0.39, 0.29) is 18.4 Å². The van der Waals surface area contributed by atoms with Crippen LogP contribution in [0.15, 0.2) is 24.3 Å². The molecule has 7 heteroatoms. The third-order valence-electron chi connectivity index (χ3n) is 4.94. The maximum Gasteiger partial charge on any atom is 0.417 e. The number of sulfone groups is 1. The van der Waals surface area contributed by atoms with Crippen molar-refractivity contribution < 1.29 is 26.4 Å². The second kappa shape index (κ2) is 5.61. The number of rotatable bonds is 2. The fourth-order valence-corrected chi connectivity index (χ4v) is 6.32. The summed E-state index contributed by atoms with van der Waals surface area (Å²) >= 11 is 0. The van der Waals surface area contributed by atoms with E-state index in [9.17, 15) is 26.4 Å². The van der Waals surface area contributed by atoms with Crippen LogP contribution in [0.5, 0.6) is 0 Å². The van der Waals surface area contributed by atoms with Crippen LogP contribution in [-0.4, -0.2) is 24.7 Å². The van der Waals surface area contributed by atoms with Gasteiger partial charge in [0.05, 0.1) is 16.1 Å². The Hall–Kier alpha value is -1.37. The predicted molar refractivity (Wildman–Crippen MR) is 78.8 cm³/mol. The van der Waals surface area contributed by atoms with Crippen molar-refractivity contribution in [2.45, 2.75) is 48.8 Å². The lowest BCUT2D eigenvalue weighted by atomic mass is 9.83. The lowest BCUT2D eigenvalue weighted by molar-refractivity contribution is -0.137. The molecule has 2 heterocycles. The van der Waals surface area contributed by atoms with Gasteiger partial charge in [-0.3, -0.25) is 4.79 Å². The summed E-state index contributed by atoms with van der Waals surface area (Å²) in [5, 5.41) is -1.16. The molecular weight excluding hydrogens is 329 g/mol. The number of fused-ring (bicyclic) bond motifs is 2. The van der Waals surface area contributed by atoms with Gasteiger partial charge >= 0.3 is 6.18 Å². The van der Waals surface area contributed by atoms with E-state index < -0.39 is 43.8 Å². The highest BCUT2D eigenvalue weighted by Crippen LogP contribution is 2.41. The van der Waals surface area contributed by atoms with Crippen molar-refractivity contribution >= 4 is 15.6 Å². The van der Waals surface area contributed by atoms with E-state index in [1.165, 1.54) is 18.2 Å². The highest BCUT2D eigenvalue weighted by molar-refractivity contribution is 7.92. The highest BCUT2D eigenvalue weighted by atomic mass is 32.2. The summed E-state index contributed by atoms with van der Waals surface area (Å²) < 4.78 is 63.7. The summed E-state index contributed by atoms with van der Waals surface area (Å²) in [5.74, 6) is -1.22. The third-order valence-corrected chi connectivity index (χ3v) is 7.66. The first-order valence-electron chi connectivity index (χ1n) is 7.64. The fraction of sp³-hybridized carbons (Fsp3) is 0.562. The molecule has 1 aromatic carbocycles. The van der Waals surface area contributed by atoms with E-state index in [2.05, 4.69) is 0 Å². The van der Waals surface area contributed by atoms with E-state index in [0.29, 0.717) is 12.8 Å². The first kappa shape index (κ1) is 16.5. The van der Waals surface area contributed by atoms with Gasteiger partial charge in [0.1, 0.15) is 0 Å². The molecule has 126 valence electrons. The van der Waals surface area contributed by atoms with Crippen LogP contribution in [-0.2, 0) is 16.0 Å². The summed E-state index contributed by atoms with van der Waals surface area (Å²) in [6.45, 7) is 0. The van der Waals surface area contributed by atoms with Gasteiger partial charge in [0.25, 0.3) is 0 Å². The Morgan fingerprint density at radius 3 is 2.17 bits per heavy atom. The number of carbonyl (C=O) groups excluding carboxylic acids is 1. The third kappa shape index (κ3) is 2.91. The topological polar surface area (TPSA) is 51.2 Å². The van der Waals surface area contributed by atoms with E-state index in [4.69, 9.17) is 0 Å². The van der Waals surface area contributed by atoms with Gasteiger partial charge in [-0.2, -0.15) is 13.2 Å². The van der Waals surface area contributed by atoms with Crippen LogP contribution in [0.4, 0.5) is 13.2 Å². The van der Waals surface area contributed by atoms with Gasteiger partial charge in [0.15, 0.2) is 15.6 Å². The lowest BCUT2D eigenvalue weighted by Crippen LogP contribution is -2.45. The Morgan fingerprint density at radius 1 is 1.04 bits per heavy atom. The molecule has 0 saturated carbocycles. The van der Waals surface area contributed by atoms with Gasteiger partial charge < -0.3 is 0 Å². The lowest BCUT2D eigenvalue weighted by Gasteiger charge is -2.38. The average molecular weight is 346 g/mol. The van der Waals surface area contributed by atoms with E-state index in [0.717, 1.165) is 12.5 Å². The molecule has 0 aromatic heterocycles. The predicted octanol–water partition coefficient (Wildman–Crippen LogP) is 3.63. The largest absolute Gasteiger partial charge is 0.417 e. The first-order valence-corrected chi connectivity index (χ1v) is 9.25. The number of halogens is 3. The zero-order chi connectivity index (χ0) is 16.8.